The second-order valence-electron chi connectivity index (χ2n) is 5.30. The first-order valence-electron chi connectivity index (χ1n) is 7.84. The van der Waals surface area contributed by atoms with E-state index in [-0.39, 0.29) is 5.91 Å². The number of methoxy groups -OCH3 is 2. The van der Waals surface area contributed by atoms with Crippen LogP contribution in [0.4, 0.5) is 0 Å². The van der Waals surface area contributed by atoms with Crippen molar-refractivity contribution in [1.29, 1.82) is 0 Å². The van der Waals surface area contributed by atoms with Gasteiger partial charge in [-0.05, 0) is 43.2 Å². The Bertz CT molecular complexity index is 658. The van der Waals surface area contributed by atoms with Crippen LogP contribution in [0.1, 0.15) is 12.5 Å². The summed E-state index contributed by atoms with van der Waals surface area (Å²) in [4.78, 5) is 12.1. The topological polar surface area (TPSA) is 56.8 Å². The molecular formula is C19H23NO4. The van der Waals surface area contributed by atoms with Gasteiger partial charge in [-0.1, -0.05) is 24.3 Å². The number of amides is 1. The van der Waals surface area contributed by atoms with Crippen LogP contribution < -0.4 is 19.5 Å². The van der Waals surface area contributed by atoms with Gasteiger partial charge < -0.3 is 19.5 Å². The van der Waals surface area contributed by atoms with Gasteiger partial charge in [-0.2, -0.15) is 0 Å². The lowest BCUT2D eigenvalue weighted by Crippen LogP contribution is -2.37. The van der Waals surface area contributed by atoms with Crippen molar-refractivity contribution in [3.63, 3.8) is 0 Å². The van der Waals surface area contributed by atoms with E-state index in [4.69, 9.17) is 14.2 Å². The summed E-state index contributed by atoms with van der Waals surface area (Å²) in [5.41, 5.74) is 1.06. The molecule has 5 heteroatoms. The number of benzene rings is 2. The molecule has 1 N–H and O–H groups in total. The van der Waals surface area contributed by atoms with Gasteiger partial charge in [0.1, 0.15) is 5.75 Å². The number of hydrogen-bond donors (Lipinski definition) is 1. The predicted octanol–water partition coefficient (Wildman–Crippen LogP) is 2.83. The SMILES string of the molecule is COc1ccc(CCNC(=O)[C@@H](C)Oc2ccccc2)cc1OC. The summed E-state index contributed by atoms with van der Waals surface area (Å²) >= 11 is 0. The number of nitrogens with one attached hydrogen (secondary N) is 1. The molecule has 0 aliphatic carbocycles. The largest absolute Gasteiger partial charge is 0.493 e. The number of hydrogen-bond acceptors (Lipinski definition) is 4. The summed E-state index contributed by atoms with van der Waals surface area (Å²) in [6.07, 6.45) is 0.155. The van der Waals surface area contributed by atoms with E-state index in [2.05, 4.69) is 5.32 Å². The second kappa shape index (κ2) is 8.82. The van der Waals surface area contributed by atoms with Crippen LogP contribution in [0.2, 0.25) is 0 Å². The number of rotatable bonds is 8. The Kier molecular flexibility index (Phi) is 6.49. The zero-order valence-corrected chi connectivity index (χ0v) is 14.2. The smallest absolute Gasteiger partial charge is 0.260 e. The molecule has 0 bridgehead atoms. The maximum Gasteiger partial charge on any atom is 0.260 e. The fourth-order valence-electron chi connectivity index (χ4n) is 2.27. The van der Waals surface area contributed by atoms with Gasteiger partial charge in [0.2, 0.25) is 0 Å². The van der Waals surface area contributed by atoms with Gasteiger partial charge in [-0.3, -0.25) is 4.79 Å². The third-order valence-corrected chi connectivity index (χ3v) is 3.59. The Morgan fingerprint density at radius 3 is 2.42 bits per heavy atom. The minimum Gasteiger partial charge on any atom is -0.493 e. The molecule has 2 rings (SSSR count). The van der Waals surface area contributed by atoms with Crippen LogP contribution in [0.25, 0.3) is 0 Å². The fraction of sp³-hybridized carbons (Fsp3) is 0.316. The van der Waals surface area contributed by atoms with E-state index < -0.39 is 6.10 Å². The molecule has 128 valence electrons. The van der Waals surface area contributed by atoms with Gasteiger partial charge >= 0.3 is 0 Å². The minimum absolute atomic E-state index is 0.140. The lowest BCUT2D eigenvalue weighted by Gasteiger charge is -2.15. The maximum atomic E-state index is 12.1. The van der Waals surface area contributed by atoms with Gasteiger partial charge in [0.25, 0.3) is 5.91 Å². The molecule has 1 atom stereocenters. The summed E-state index contributed by atoms with van der Waals surface area (Å²) < 4.78 is 16.1. The summed E-state index contributed by atoms with van der Waals surface area (Å²) in [5.74, 6) is 1.91. The molecule has 0 spiro atoms. The van der Waals surface area contributed by atoms with E-state index in [1.54, 1.807) is 21.1 Å². The van der Waals surface area contributed by atoms with Crippen molar-refractivity contribution in [2.75, 3.05) is 20.8 Å². The molecule has 1 amide bonds. The van der Waals surface area contributed by atoms with Crippen LogP contribution in [0.5, 0.6) is 17.2 Å². The Hall–Kier alpha value is -2.69. The fourth-order valence-corrected chi connectivity index (χ4v) is 2.27. The number of ether oxygens (including phenoxy) is 3. The second-order valence-corrected chi connectivity index (χ2v) is 5.30. The number of carbonyl (C=O) groups is 1. The van der Waals surface area contributed by atoms with E-state index in [0.717, 1.165) is 5.56 Å². The van der Waals surface area contributed by atoms with E-state index in [0.29, 0.717) is 30.2 Å². The third-order valence-electron chi connectivity index (χ3n) is 3.59. The Labute approximate surface area is 142 Å². The summed E-state index contributed by atoms with van der Waals surface area (Å²) in [6, 6.07) is 15.0. The first-order chi connectivity index (χ1) is 11.6. The molecule has 0 aromatic heterocycles. The van der Waals surface area contributed by atoms with Gasteiger partial charge in [0.05, 0.1) is 14.2 Å². The Balaban J connectivity index is 1.82. The normalized spacial score (nSPS) is 11.5. The van der Waals surface area contributed by atoms with Crippen molar-refractivity contribution in [2.45, 2.75) is 19.4 Å². The minimum atomic E-state index is -0.544. The molecule has 0 aliphatic rings. The van der Waals surface area contributed by atoms with Gasteiger partial charge in [0.15, 0.2) is 17.6 Å². The first-order valence-corrected chi connectivity index (χ1v) is 7.84. The Morgan fingerprint density at radius 1 is 1.04 bits per heavy atom. The highest BCUT2D eigenvalue weighted by atomic mass is 16.5. The van der Waals surface area contributed by atoms with Crippen molar-refractivity contribution in [1.82, 2.24) is 5.32 Å². The van der Waals surface area contributed by atoms with Gasteiger partial charge in [0, 0.05) is 6.54 Å². The maximum absolute atomic E-state index is 12.1. The van der Waals surface area contributed by atoms with E-state index in [1.165, 1.54) is 0 Å². The summed E-state index contributed by atoms with van der Waals surface area (Å²) in [6.45, 7) is 2.26. The zero-order valence-electron chi connectivity index (χ0n) is 14.2. The van der Waals surface area contributed by atoms with Crippen LogP contribution in [-0.4, -0.2) is 32.8 Å². The van der Waals surface area contributed by atoms with E-state index in [1.807, 2.05) is 48.5 Å². The van der Waals surface area contributed by atoms with Crippen molar-refractivity contribution in [3.05, 3.63) is 54.1 Å². The lowest BCUT2D eigenvalue weighted by atomic mass is 10.1. The monoisotopic (exact) mass is 329 g/mol. The van der Waals surface area contributed by atoms with Crippen LogP contribution >= 0.6 is 0 Å². The molecule has 0 fully saturated rings. The molecule has 0 heterocycles. The predicted molar refractivity (Wildman–Crippen MR) is 92.8 cm³/mol. The highest BCUT2D eigenvalue weighted by Crippen LogP contribution is 2.27. The van der Waals surface area contributed by atoms with Crippen LogP contribution in [0.15, 0.2) is 48.5 Å². The highest BCUT2D eigenvalue weighted by Gasteiger charge is 2.14. The zero-order chi connectivity index (χ0) is 17.4. The summed E-state index contributed by atoms with van der Waals surface area (Å²) in [7, 11) is 3.21. The number of para-hydroxylation sites is 1. The molecule has 0 aliphatic heterocycles. The summed E-state index contributed by atoms with van der Waals surface area (Å²) in [5, 5.41) is 2.88. The van der Waals surface area contributed by atoms with Gasteiger partial charge in [-0.25, -0.2) is 0 Å². The van der Waals surface area contributed by atoms with Crippen LogP contribution in [0, 0.1) is 0 Å². The quantitative estimate of drug-likeness (QED) is 0.809. The highest BCUT2D eigenvalue weighted by molar-refractivity contribution is 5.80. The molecule has 24 heavy (non-hydrogen) atoms. The van der Waals surface area contributed by atoms with Crippen molar-refractivity contribution >= 4 is 5.91 Å². The number of carbonyl (C=O) groups excluding carboxylic acids is 1. The molecule has 0 unspecified atom stereocenters. The standard InChI is InChI=1S/C19H23NO4/c1-14(24-16-7-5-4-6-8-16)19(21)20-12-11-15-9-10-17(22-2)18(13-15)23-3/h4-10,13-14H,11-12H2,1-3H3,(H,20,21)/t14-/m1/s1. The molecule has 0 radical (unpaired) electrons. The van der Waals surface area contributed by atoms with Gasteiger partial charge in [-0.15, -0.1) is 0 Å². The molecule has 2 aromatic carbocycles. The van der Waals surface area contributed by atoms with Crippen LogP contribution in [0.3, 0.4) is 0 Å². The molecule has 0 saturated heterocycles. The van der Waals surface area contributed by atoms with E-state index in [9.17, 15) is 4.79 Å². The molecular weight excluding hydrogens is 306 g/mol. The molecule has 0 saturated carbocycles. The van der Waals surface area contributed by atoms with Crippen molar-refractivity contribution < 1.29 is 19.0 Å². The Morgan fingerprint density at radius 2 is 1.75 bits per heavy atom. The third kappa shape index (κ3) is 4.91. The van der Waals surface area contributed by atoms with E-state index >= 15 is 0 Å². The average molecular weight is 329 g/mol. The first kappa shape index (κ1) is 17.7. The van der Waals surface area contributed by atoms with Crippen molar-refractivity contribution in [3.8, 4) is 17.2 Å². The average Bonchev–Trinajstić information content (AvgIpc) is 2.62. The van der Waals surface area contributed by atoms with Crippen LogP contribution in [-0.2, 0) is 11.2 Å². The van der Waals surface area contributed by atoms with Crippen molar-refractivity contribution in [2.24, 2.45) is 0 Å². The molecule has 5 nitrogen and oxygen atoms in total. The lowest BCUT2D eigenvalue weighted by molar-refractivity contribution is -0.127. The molecule has 2 aromatic rings.